The van der Waals surface area contributed by atoms with Crippen LogP contribution in [-0.4, -0.2) is 17.0 Å². The molecule has 0 amide bonds. The number of carbonyl (C=O) groups is 2. The molecule has 1 aromatic heterocycles. The fourth-order valence-corrected chi connectivity index (χ4v) is 2.29. The van der Waals surface area contributed by atoms with Crippen LogP contribution < -0.4 is 4.74 Å². The molecule has 0 aliphatic rings. The Hall–Kier alpha value is -2.56. The first-order chi connectivity index (χ1) is 9.79. The number of carbonyl (C=O) groups excluding carboxylic acids is 1. The van der Waals surface area contributed by atoms with Crippen molar-refractivity contribution in [2.45, 2.75) is 27.7 Å². The summed E-state index contributed by atoms with van der Waals surface area (Å²) in [5, 5.41) is 9.74. The van der Waals surface area contributed by atoms with Crippen molar-refractivity contribution in [2.75, 3.05) is 0 Å². The minimum Gasteiger partial charge on any atom is -0.478 e. The molecule has 0 bridgehead atoms. The number of carboxylic acid groups (broad SMARTS) is 1. The molecule has 5 nitrogen and oxygen atoms in total. The lowest BCUT2D eigenvalue weighted by Gasteiger charge is -2.12. The van der Waals surface area contributed by atoms with Crippen molar-refractivity contribution in [3.8, 4) is 5.75 Å². The van der Waals surface area contributed by atoms with E-state index >= 15 is 0 Å². The van der Waals surface area contributed by atoms with Crippen LogP contribution in [0, 0.1) is 13.8 Å². The number of hydrogen-bond acceptors (Lipinski definition) is 4. The van der Waals surface area contributed by atoms with E-state index in [9.17, 15) is 9.59 Å². The van der Waals surface area contributed by atoms with Gasteiger partial charge in [-0.2, -0.15) is 0 Å². The quantitative estimate of drug-likeness (QED) is 0.531. The molecule has 0 aliphatic heterocycles. The molecule has 0 fully saturated rings. The van der Waals surface area contributed by atoms with Gasteiger partial charge in [-0.1, -0.05) is 0 Å². The first-order valence-corrected chi connectivity index (χ1v) is 6.43. The molecular formula is C16H16O5. The van der Waals surface area contributed by atoms with Gasteiger partial charge >= 0.3 is 11.9 Å². The van der Waals surface area contributed by atoms with E-state index in [4.69, 9.17) is 14.3 Å². The largest absolute Gasteiger partial charge is 0.478 e. The van der Waals surface area contributed by atoms with Gasteiger partial charge in [-0.3, -0.25) is 4.79 Å². The number of hydrogen-bond donors (Lipinski definition) is 1. The topological polar surface area (TPSA) is 76.7 Å². The van der Waals surface area contributed by atoms with E-state index in [-0.39, 0.29) is 0 Å². The van der Waals surface area contributed by atoms with Crippen molar-refractivity contribution >= 4 is 28.5 Å². The Bertz CT molecular complexity index is 765. The van der Waals surface area contributed by atoms with Crippen molar-refractivity contribution < 1.29 is 23.8 Å². The van der Waals surface area contributed by atoms with E-state index in [1.54, 1.807) is 19.9 Å². The predicted molar refractivity (Wildman–Crippen MR) is 78.3 cm³/mol. The number of carboxylic acids is 1. The van der Waals surface area contributed by atoms with Crippen LogP contribution in [0.25, 0.3) is 16.5 Å². The highest BCUT2D eigenvalue weighted by Crippen LogP contribution is 2.37. The molecule has 0 unspecified atom stereocenters. The smallest absolute Gasteiger partial charge is 0.328 e. The normalized spacial score (nSPS) is 11.7. The average Bonchev–Trinajstić information content (AvgIpc) is 2.72. The summed E-state index contributed by atoms with van der Waals surface area (Å²) in [4.78, 5) is 22.2. The van der Waals surface area contributed by atoms with Crippen molar-refractivity contribution in [1.82, 2.24) is 0 Å². The Morgan fingerprint density at radius 1 is 1.24 bits per heavy atom. The number of esters is 1. The lowest BCUT2D eigenvalue weighted by molar-refractivity contribution is -0.132. The van der Waals surface area contributed by atoms with Gasteiger partial charge in [0.25, 0.3) is 0 Å². The van der Waals surface area contributed by atoms with Gasteiger partial charge in [0.05, 0.1) is 0 Å². The summed E-state index contributed by atoms with van der Waals surface area (Å²) in [5.74, 6) is -0.453. The lowest BCUT2D eigenvalue weighted by Crippen LogP contribution is -2.05. The van der Waals surface area contributed by atoms with Gasteiger partial charge in [0, 0.05) is 29.5 Å². The zero-order valence-corrected chi connectivity index (χ0v) is 12.3. The molecule has 1 aromatic carbocycles. The molecule has 0 radical (unpaired) electrons. The molecule has 110 valence electrons. The van der Waals surface area contributed by atoms with Crippen molar-refractivity contribution in [3.63, 3.8) is 0 Å². The van der Waals surface area contributed by atoms with E-state index in [1.165, 1.54) is 6.92 Å². The molecule has 1 heterocycles. The summed E-state index contributed by atoms with van der Waals surface area (Å²) < 4.78 is 10.9. The number of fused-ring (bicyclic) bond motifs is 1. The standard InChI is InChI=1S/C16H16O5/c1-8(5-14(18)19)13-7-12-6-9(2)20-15(12)10(3)16(13)21-11(4)17/h5-7H,1-4H3,(H,18,19)/b8-5-. The number of furan rings is 1. The molecular weight excluding hydrogens is 272 g/mol. The molecule has 5 heteroatoms. The highest BCUT2D eigenvalue weighted by Gasteiger charge is 2.18. The number of benzene rings is 1. The first kappa shape index (κ1) is 14.8. The lowest BCUT2D eigenvalue weighted by atomic mass is 10.00. The second kappa shape index (κ2) is 5.44. The molecule has 0 saturated carbocycles. The maximum atomic E-state index is 11.3. The van der Waals surface area contributed by atoms with Crippen LogP contribution in [-0.2, 0) is 9.59 Å². The van der Waals surface area contributed by atoms with Crippen molar-refractivity contribution in [2.24, 2.45) is 0 Å². The minimum absolute atomic E-state index is 0.333. The highest BCUT2D eigenvalue weighted by atomic mass is 16.5. The fraction of sp³-hybridized carbons (Fsp3) is 0.250. The predicted octanol–water partition coefficient (Wildman–Crippen LogP) is 3.46. The summed E-state index contributed by atoms with van der Waals surface area (Å²) in [6.07, 6.45) is 1.08. The maximum absolute atomic E-state index is 11.3. The Kier molecular flexibility index (Phi) is 3.84. The summed E-state index contributed by atoms with van der Waals surface area (Å²) in [5.41, 5.74) is 2.38. The maximum Gasteiger partial charge on any atom is 0.328 e. The zero-order valence-electron chi connectivity index (χ0n) is 12.3. The van der Waals surface area contributed by atoms with Crippen LogP contribution in [0.5, 0.6) is 5.75 Å². The minimum atomic E-state index is -1.05. The van der Waals surface area contributed by atoms with Gasteiger partial charge in [-0.25, -0.2) is 4.79 Å². The van der Waals surface area contributed by atoms with Gasteiger partial charge < -0.3 is 14.3 Å². The second-order valence-electron chi connectivity index (χ2n) is 4.91. The highest BCUT2D eigenvalue weighted by molar-refractivity contribution is 5.95. The van der Waals surface area contributed by atoms with E-state index in [1.807, 2.05) is 13.0 Å². The number of ether oxygens (including phenoxy) is 1. The van der Waals surface area contributed by atoms with Crippen molar-refractivity contribution in [1.29, 1.82) is 0 Å². The Balaban J connectivity index is 2.76. The molecule has 0 atom stereocenters. The molecule has 21 heavy (non-hydrogen) atoms. The van der Waals surface area contributed by atoms with Crippen LogP contribution in [0.3, 0.4) is 0 Å². The van der Waals surface area contributed by atoms with Crippen LogP contribution >= 0.6 is 0 Å². The molecule has 2 rings (SSSR count). The van der Waals surface area contributed by atoms with E-state index in [0.717, 1.165) is 17.2 Å². The van der Waals surface area contributed by atoms with E-state index in [0.29, 0.717) is 28.0 Å². The summed E-state index contributed by atoms with van der Waals surface area (Å²) >= 11 is 0. The van der Waals surface area contributed by atoms with Gasteiger partial charge in [-0.15, -0.1) is 0 Å². The number of allylic oxidation sites excluding steroid dienone is 1. The third kappa shape index (κ3) is 2.97. The molecule has 0 saturated heterocycles. The first-order valence-electron chi connectivity index (χ1n) is 6.43. The molecule has 1 N–H and O–H groups in total. The van der Waals surface area contributed by atoms with Crippen LogP contribution in [0.4, 0.5) is 0 Å². The van der Waals surface area contributed by atoms with Crippen LogP contribution in [0.1, 0.15) is 30.7 Å². The SMILES string of the molecule is CC(=O)Oc1c(/C(C)=C\C(=O)O)cc2cc(C)oc2c1C. The molecule has 2 aromatic rings. The Morgan fingerprint density at radius 3 is 2.48 bits per heavy atom. The summed E-state index contributed by atoms with van der Waals surface area (Å²) in [6, 6.07) is 3.63. The monoisotopic (exact) mass is 288 g/mol. The van der Waals surface area contributed by atoms with Crippen LogP contribution in [0.2, 0.25) is 0 Å². The Morgan fingerprint density at radius 2 is 1.90 bits per heavy atom. The zero-order chi connectivity index (χ0) is 15.7. The third-order valence-electron chi connectivity index (χ3n) is 3.12. The second-order valence-corrected chi connectivity index (χ2v) is 4.91. The molecule has 0 spiro atoms. The number of aryl methyl sites for hydroxylation is 2. The summed E-state index contributed by atoms with van der Waals surface area (Å²) in [6.45, 7) is 6.57. The Labute approximate surface area is 121 Å². The average molecular weight is 288 g/mol. The van der Waals surface area contributed by atoms with Gasteiger partial charge in [-0.05, 0) is 38.5 Å². The van der Waals surface area contributed by atoms with Crippen LogP contribution in [0.15, 0.2) is 22.6 Å². The fourth-order valence-electron chi connectivity index (χ4n) is 2.29. The van der Waals surface area contributed by atoms with E-state index in [2.05, 4.69) is 0 Å². The van der Waals surface area contributed by atoms with Gasteiger partial charge in [0.2, 0.25) is 0 Å². The van der Waals surface area contributed by atoms with Crippen molar-refractivity contribution in [3.05, 3.63) is 35.1 Å². The van der Waals surface area contributed by atoms with Gasteiger partial charge in [0.1, 0.15) is 17.1 Å². The summed E-state index contributed by atoms with van der Waals surface area (Å²) in [7, 11) is 0. The number of rotatable bonds is 3. The van der Waals surface area contributed by atoms with E-state index < -0.39 is 11.9 Å². The molecule has 0 aliphatic carbocycles. The number of aliphatic carboxylic acids is 1. The third-order valence-corrected chi connectivity index (χ3v) is 3.12. The van der Waals surface area contributed by atoms with Gasteiger partial charge in [0.15, 0.2) is 0 Å².